The zero-order valence-electron chi connectivity index (χ0n) is 9.02. The molecule has 0 bridgehead atoms. The Morgan fingerprint density at radius 2 is 2.31 bits per heavy atom. The fourth-order valence-electron chi connectivity index (χ4n) is 1.87. The molecule has 2 heterocycles. The van der Waals surface area contributed by atoms with E-state index in [4.69, 9.17) is 17.3 Å². The van der Waals surface area contributed by atoms with Gasteiger partial charge in [0, 0.05) is 17.8 Å². The van der Waals surface area contributed by atoms with Crippen molar-refractivity contribution in [2.75, 3.05) is 0 Å². The first-order chi connectivity index (χ1) is 7.65. The number of halogens is 1. The van der Waals surface area contributed by atoms with E-state index >= 15 is 0 Å². The summed E-state index contributed by atoms with van der Waals surface area (Å²) < 4.78 is 1.75. The number of hydrogen-bond donors (Lipinski definition) is 1. The standard InChI is InChI=1S/C11H13ClN4/c1-6-5-16-9(14-11(6)12)4-8(15-16)10(13)7-2-3-7/h4-5,7,10H,2-3,13H2,1H3/t10-/m0/s1. The summed E-state index contributed by atoms with van der Waals surface area (Å²) in [5, 5.41) is 4.97. The summed E-state index contributed by atoms with van der Waals surface area (Å²) in [6.45, 7) is 1.91. The predicted molar refractivity (Wildman–Crippen MR) is 62.4 cm³/mol. The van der Waals surface area contributed by atoms with Gasteiger partial charge in [0.25, 0.3) is 0 Å². The predicted octanol–water partition coefficient (Wildman–Crippen LogP) is 2.10. The number of hydrogen-bond acceptors (Lipinski definition) is 3. The highest BCUT2D eigenvalue weighted by atomic mass is 35.5. The molecule has 1 saturated carbocycles. The van der Waals surface area contributed by atoms with Gasteiger partial charge in [-0.15, -0.1) is 0 Å². The first-order valence-electron chi connectivity index (χ1n) is 5.43. The molecule has 84 valence electrons. The van der Waals surface area contributed by atoms with Crippen LogP contribution in [-0.2, 0) is 0 Å². The van der Waals surface area contributed by atoms with Crippen LogP contribution in [0.2, 0.25) is 5.15 Å². The quantitative estimate of drug-likeness (QED) is 0.813. The Hall–Kier alpha value is -1.13. The average Bonchev–Trinajstić information content (AvgIpc) is 3.01. The van der Waals surface area contributed by atoms with E-state index in [1.165, 1.54) is 12.8 Å². The van der Waals surface area contributed by atoms with Crippen molar-refractivity contribution in [2.24, 2.45) is 11.7 Å². The van der Waals surface area contributed by atoms with Crippen LogP contribution in [0.15, 0.2) is 12.3 Å². The van der Waals surface area contributed by atoms with Crippen LogP contribution >= 0.6 is 11.6 Å². The summed E-state index contributed by atoms with van der Waals surface area (Å²) in [6, 6.07) is 1.97. The van der Waals surface area contributed by atoms with Gasteiger partial charge in [-0.25, -0.2) is 9.50 Å². The third-order valence-corrected chi connectivity index (χ3v) is 3.44. The van der Waals surface area contributed by atoms with Crippen LogP contribution in [0.4, 0.5) is 0 Å². The van der Waals surface area contributed by atoms with Gasteiger partial charge in [0.05, 0.1) is 11.7 Å². The fourth-order valence-corrected chi connectivity index (χ4v) is 2.00. The minimum atomic E-state index is 0.0424. The van der Waals surface area contributed by atoms with E-state index in [-0.39, 0.29) is 6.04 Å². The van der Waals surface area contributed by atoms with Crippen molar-refractivity contribution in [1.82, 2.24) is 14.6 Å². The van der Waals surface area contributed by atoms with Crippen molar-refractivity contribution < 1.29 is 0 Å². The van der Waals surface area contributed by atoms with Crippen LogP contribution in [0.25, 0.3) is 5.65 Å². The zero-order chi connectivity index (χ0) is 11.3. The number of aryl methyl sites for hydroxylation is 1. The highest BCUT2D eigenvalue weighted by molar-refractivity contribution is 6.30. The second kappa shape index (κ2) is 3.43. The summed E-state index contributed by atoms with van der Waals surface area (Å²) in [5.74, 6) is 0.599. The summed E-state index contributed by atoms with van der Waals surface area (Å²) >= 11 is 5.97. The van der Waals surface area contributed by atoms with Gasteiger partial charge >= 0.3 is 0 Å². The molecule has 2 aromatic rings. The molecule has 1 atom stereocenters. The molecule has 0 amide bonds. The number of aromatic nitrogens is 3. The molecule has 16 heavy (non-hydrogen) atoms. The lowest BCUT2D eigenvalue weighted by Crippen LogP contribution is -2.12. The van der Waals surface area contributed by atoms with Crippen molar-refractivity contribution in [3.05, 3.63) is 28.7 Å². The SMILES string of the molecule is Cc1cn2nc([C@@H](N)C3CC3)cc2nc1Cl. The maximum atomic E-state index is 6.10. The lowest BCUT2D eigenvalue weighted by atomic mass is 10.1. The first-order valence-corrected chi connectivity index (χ1v) is 5.81. The molecule has 1 aliphatic rings. The van der Waals surface area contributed by atoms with Gasteiger partial charge in [0.15, 0.2) is 5.65 Å². The molecule has 0 unspecified atom stereocenters. The average molecular weight is 237 g/mol. The maximum Gasteiger partial charge on any atom is 0.157 e. The van der Waals surface area contributed by atoms with Crippen LogP contribution < -0.4 is 5.73 Å². The summed E-state index contributed by atoms with van der Waals surface area (Å²) in [7, 11) is 0. The molecule has 0 aliphatic heterocycles. The van der Waals surface area contributed by atoms with E-state index in [1.54, 1.807) is 4.52 Å². The molecule has 0 spiro atoms. The molecule has 5 heteroatoms. The van der Waals surface area contributed by atoms with Gasteiger partial charge < -0.3 is 5.73 Å². The fraction of sp³-hybridized carbons (Fsp3) is 0.455. The van der Waals surface area contributed by atoms with E-state index < -0.39 is 0 Å². The lowest BCUT2D eigenvalue weighted by Gasteiger charge is -2.04. The molecule has 1 aliphatic carbocycles. The van der Waals surface area contributed by atoms with E-state index in [9.17, 15) is 0 Å². The second-order valence-electron chi connectivity index (χ2n) is 4.45. The molecular weight excluding hydrogens is 224 g/mol. The van der Waals surface area contributed by atoms with Crippen molar-refractivity contribution in [1.29, 1.82) is 0 Å². The van der Waals surface area contributed by atoms with Gasteiger partial charge in [0.2, 0.25) is 0 Å². The molecule has 3 rings (SSSR count). The third kappa shape index (κ3) is 1.58. The maximum absolute atomic E-state index is 6.10. The Kier molecular flexibility index (Phi) is 2.16. The summed E-state index contributed by atoms with van der Waals surface area (Å²) in [5.41, 5.74) is 8.70. The Morgan fingerprint density at radius 3 is 3.00 bits per heavy atom. The van der Waals surface area contributed by atoms with Crippen molar-refractivity contribution in [3.8, 4) is 0 Å². The van der Waals surface area contributed by atoms with Gasteiger partial charge in [-0.3, -0.25) is 0 Å². The van der Waals surface area contributed by atoms with Crippen LogP contribution in [0, 0.1) is 12.8 Å². The van der Waals surface area contributed by atoms with Crippen molar-refractivity contribution >= 4 is 17.2 Å². The molecule has 2 aromatic heterocycles. The van der Waals surface area contributed by atoms with Gasteiger partial charge in [-0.1, -0.05) is 11.6 Å². The van der Waals surface area contributed by atoms with Crippen LogP contribution in [-0.4, -0.2) is 14.6 Å². The van der Waals surface area contributed by atoms with Gasteiger partial charge in [0.1, 0.15) is 5.15 Å². The molecule has 4 nitrogen and oxygen atoms in total. The Morgan fingerprint density at radius 1 is 1.56 bits per heavy atom. The monoisotopic (exact) mass is 236 g/mol. The van der Waals surface area contributed by atoms with E-state index in [2.05, 4.69) is 10.1 Å². The van der Waals surface area contributed by atoms with Gasteiger partial charge in [-0.2, -0.15) is 5.10 Å². The molecule has 1 fully saturated rings. The Balaban J connectivity index is 2.07. The van der Waals surface area contributed by atoms with Crippen LogP contribution in [0.1, 0.15) is 30.1 Å². The highest BCUT2D eigenvalue weighted by Gasteiger charge is 2.31. The van der Waals surface area contributed by atoms with E-state index in [0.29, 0.717) is 11.1 Å². The largest absolute Gasteiger partial charge is 0.322 e. The highest BCUT2D eigenvalue weighted by Crippen LogP contribution is 2.39. The lowest BCUT2D eigenvalue weighted by molar-refractivity contribution is 0.608. The molecule has 0 radical (unpaired) electrons. The Labute approximate surface area is 98.4 Å². The van der Waals surface area contributed by atoms with E-state index in [0.717, 1.165) is 16.9 Å². The Bertz CT molecular complexity index is 505. The van der Waals surface area contributed by atoms with Crippen LogP contribution in [0.3, 0.4) is 0 Å². The smallest absolute Gasteiger partial charge is 0.157 e. The minimum Gasteiger partial charge on any atom is -0.322 e. The molecule has 2 N–H and O–H groups in total. The topological polar surface area (TPSA) is 56.2 Å². The van der Waals surface area contributed by atoms with Crippen molar-refractivity contribution in [3.63, 3.8) is 0 Å². The zero-order valence-corrected chi connectivity index (χ0v) is 9.78. The number of nitrogens with two attached hydrogens (primary N) is 1. The van der Waals surface area contributed by atoms with Gasteiger partial charge in [-0.05, 0) is 25.7 Å². The normalized spacial score (nSPS) is 17.9. The second-order valence-corrected chi connectivity index (χ2v) is 4.81. The van der Waals surface area contributed by atoms with Crippen molar-refractivity contribution in [2.45, 2.75) is 25.8 Å². The molecule has 0 aromatic carbocycles. The third-order valence-electron chi connectivity index (χ3n) is 3.06. The number of rotatable bonds is 2. The molecular formula is C11H13ClN4. The number of nitrogens with zero attached hydrogens (tertiary/aromatic N) is 3. The minimum absolute atomic E-state index is 0.0424. The molecule has 0 saturated heterocycles. The number of fused-ring (bicyclic) bond motifs is 1. The summed E-state index contributed by atoms with van der Waals surface area (Å²) in [6.07, 6.45) is 4.30. The summed E-state index contributed by atoms with van der Waals surface area (Å²) in [4.78, 5) is 4.27. The van der Waals surface area contributed by atoms with E-state index in [1.807, 2.05) is 19.2 Å². The van der Waals surface area contributed by atoms with Crippen LogP contribution in [0.5, 0.6) is 0 Å². The first kappa shape index (κ1) is 10.1.